The molecule has 0 saturated heterocycles. The minimum absolute atomic E-state index is 0.0300. The van der Waals surface area contributed by atoms with Crippen molar-refractivity contribution >= 4 is 23.2 Å². The molecule has 0 bridgehead atoms. The number of alkyl halides is 2. The first-order chi connectivity index (χ1) is 14.6. The van der Waals surface area contributed by atoms with Gasteiger partial charge < -0.3 is 4.48 Å². The van der Waals surface area contributed by atoms with Crippen LogP contribution in [0, 0.1) is 0 Å². The smallest absolute Gasteiger partial charge is 0.103 e. The van der Waals surface area contributed by atoms with Crippen LogP contribution in [-0.2, 0) is 0 Å². The van der Waals surface area contributed by atoms with Gasteiger partial charge in [0, 0.05) is 0 Å². The average molecular weight is 458 g/mol. The van der Waals surface area contributed by atoms with Crippen molar-refractivity contribution in [3.05, 3.63) is 35.9 Å². The van der Waals surface area contributed by atoms with Gasteiger partial charge in [0.05, 0.1) is 31.6 Å². The van der Waals surface area contributed by atoms with Crippen LogP contribution in [0.1, 0.15) is 109 Å². The minimum atomic E-state index is -0.118. The molecular weight excluding hydrogens is 409 g/mol. The summed E-state index contributed by atoms with van der Waals surface area (Å²) in [5.41, 5.74) is 1.15. The first-order valence-corrected chi connectivity index (χ1v) is 13.6. The molecule has 0 radical (unpaired) electrons. The average Bonchev–Trinajstić information content (AvgIpc) is 2.77. The zero-order valence-electron chi connectivity index (χ0n) is 20.1. The predicted molar refractivity (Wildman–Crippen MR) is 137 cm³/mol. The van der Waals surface area contributed by atoms with E-state index in [2.05, 4.69) is 45.0 Å². The van der Waals surface area contributed by atoms with Gasteiger partial charge >= 0.3 is 0 Å². The number of unbranched alkanes of at least 4 members (excludes halogenated alkanes) is 9. The van der Waals surface area contributed by atoms with Crippen molar-refractivity contribution in [3.8, 4) is 0 Å². The van der Waals surface area contributed by atoms with Gasteiger partial charge in [-0.15, -0.1) is 23.2 Å². The van der Waals surface area contributed by atoms with E-state index in [-0.39, 0.29) is 10.8 Å². The molecule has 2 atom stereocenters. The van der Waals surface area contributed by atoms with Crippen LogP contribution >= 0.6 is 23.2 Å². The SMILES string of the molecule is CCCCCC[N+](CCCCCC)(CCCCCC)CC(Cl)C(Cl)c1ccccc1. The molecule has 0 amide bonds. The lowest BCUT2D eigenvalue weighted by atomic mass is 10.0. The van der Waals surface area contributed by atoms with E-state index in [1.165, 1.54) is 101 Å². The van der Waals surface area contributed by atoms with Crippen LogP contribution in [0.15, 0.2) is 30.3 Å². The molecule has 1 aromatic rings. The summed E-state index contributed by atoms with van der Waals surface area (Å²) in [6.07, 6.45) is 15.9. The van der Waals surface area contributed by atoms with Crippen LogP contribution in [0.5, 0.6) is 0 Å². The molecule has 1 aromatic carbocycles. The molecule has 2 unspecified atom stereocenters. The molecule has 0 aliphatic rings. The van der Waals surface area contributed by atoms with Gasteiger partial charge in [-0.1, -0.05) is 89.6 Å². The number of nitrogens with zero attached hydrogens (tertiary/aromatic N) is 1. The molecule has 1 rings (SSSR count). The van der Waals surface area contributed by atoms with Gasteiger partial charge in [0.15, 0.2) is 0 Å². The number of hydrogen-bond donors (Lipinski definition) is 0. The highest BCUT2D eigenvalue weighted by atomic mass is 35.5. The number of quaternary nitrogens is 1. The second-order valence-electron chi connectivity index (χ2n) is 9.21. The molecule has 174 valence electrons. The monoisotopic (exact) mass is 456 g/mol. The lowest BCUT2D eigenvalue weighted by molar-refractivity contribution is -0.928. The van der Waals surface area contributed by atoms with Gasteiger partial charge in [0.1, 0.15) is 5.38 Å². The van der Waals surface area contributed by atoms with Crippen LogP contribution in [0.4, 0.5) is 0 Å². The molecule has 3 heteroatoms. The van der Waals surface area contributed by atoms with Crippen LogP contribution in [0.25, 0.3) is 0 Å². The summed E-state index contributed by atoms with van der Waals surface area (Å²) in [6, 6.07) is 10.4. The summed E-state index contributed by atoms with van der Waals surface area (Å²) < 4.78 is 1.17. The molecule has 0 spiro atoms. The molecule has 0 heterocycles. The zero-order valence-corrected chi connectivity index (χ0v) is 21.6. The summed E-state index contributed by atoms with van der Waals surface area (Å²) in [5.74, 6) is 0. The lowest BCUT2D eigenvalue weighted by Crippen LogP contribution is -2.53. The van der Waals surface area contributed by atoms with Crippen molar-refractivity contribution < 1.29 is 4.48 Å². The fourth-order valence-corrected chi connectivity index (χ4v) is 5.20. The Labute approximate surface area is 198 Å². The fourth-order valence-electron chi connectivity index (χ4n) is 4.54. The maximum Gasteiger partial charge on any atom is 0.103 e. The van der Waals surface area contributed by atoms with Gasteiger partial charge in [-0.3, -0.25) is 0 Å². The summed E-state index contributed by atoms with van der Waals surface area (Å²) in [6.45, 7) is 11.7. The van der Waals surface area contributed by atoms with Gasteiger partial charge in [-0.2, -0.15) is 0 Å². The van der Waals surface area contributed by atoms with Gasteiger partial charge in [-0.05, 0) is 44.1 Å². The Kier molecular flexibility index (Phi) is 16.1. The zero-order chi connectivity index (χ0) is 22.1. The van der Waals surface area contributed by atoms with Crippen LogP contribution < -0.4 is 0 Å². The lowest BCUT2D eigenvalue weighted by Gasteiger charge is -2.41. The molecule has 0 aliphatic heterocycles. The van der Waals surface area contributed by atoms with E-state index < -0.39 is 0 Å². The quantitative estimate of drug-likeness (QED) is 0.110. The Hall–Kier alpha value is -0.240. The minimum Gasteiger partial charge on any atom is -0.322 e. The number of rotatable bonds is 19. The molecule has 0 aliphatic carbocycles. The van der Waals surface area contributed by atoms with Gasteiger partial charge in [0.25, 0.3) is 0 Å². The molecule has 0 N–H and O–H groups in total. The Morgan fingerprint density at radius 3 is 1.47 bits per heavy atom. The highest BCUT2D eigenvalue weighted by molar-refractivity contribution is 6.30. The van der Waals surface area contributed by atoms with E-state index in [0.29, 0.717) is 0 Å². The summed E-state index contributed by atoms with van der Waals surface area (Å²) >= 11 is 13.9. The summed E-state index contributed by atoms with van der Waals surface area (Å²) in [5, 5.41) is -0.148. The Balaban J connectivity index is 2.88. The third-order valence-electron chi connectivity index (χ3n) is 6.46. The normalized spacial score (nSPS) is 14.0. The van der Waals surface area contributed by atoms with E-state index >= 15 is 0 Å². The topological polar surface area (TPSA) is 0 Å². The van der Waals surface area contributed by atoms with Crippen molar-refractivity contribution in [1.29, 1.82) is 0 Å². The Morgan fingerprint density at radius 2 is 1.07 bits per heavy atom. The number of benzene rings is 1. The molecular formula is C27H48Cl2N+. The van der Waals surface area contributed by atoms with Crippen LogP contribution in [0.2, 0.25) is 0 Å². The van der Waals surface area contributed by atoms with E-state index in [9.17, 15) is 0 Å². The molecule has 0 saturated carbocycles. The fraction of sp³-hybridized carbons (Fsp3) is 0.778. The predicted octanol–water partition coefficient (Wildman–Crippen LogP) is 9.13. The Morgan fingerprint density at radius 1 is 0.633 bits per heavy atom. The van der Waals surface area contributed by atoms with E-state index in [4.69, 9.17) is 23.2 Å². The van der Waals surface area contributed by atoms with E-state index in [1.54, 1.807) is 0 Å². The maximum atomic E-state index is 7.02. The van der Waals surface area contributed by atoms with Crippen molar-refractivity contribution in [3.63, 3.8) is 0 Å². The molecule has 0 aromatic heterocycles. The van der Waals surface area contributed by atoms with Gasteiger partial charge in [0.2, 0.25) is 0 Å². The van der Waals surface area contributed by atoms with Crippen LogP contribution in [-0.4, -0.2) is 36.0 Å². The molecule has 0 fully saturated rings. The third-order valence-corrected chi connectivity index (χ3v) is 7.53. The highest BCUT2D eigenvalue weighted by Crippen LogP contribution is 2.31. The van der Waals surface area contributed by atoms with E-state index in [1.807, 2.05) is 6.07 Å². The second-order valence-corrected chi connectivity index (χ2v) is 10.2. The van der Waals surface area contributed by atoms with Crippen LogP contribution in [0.3, 0.4) is 0 Å². The molecule has 30 heavy (non-hydrogen) atoms. The first kappa shape index (κ1) is 27.8. The summed E-state index contributed by atoms with van der Waals surface area (Å²) in [7, 11) is 0. The standard InChI is InChI=1S/C27H48Cl2N/c1-4-7-10-16-21-30(22-17-11-8-5-2,23-18-12-9-6-3)24-26(28)27(29)25-19-14-13-15-20-25/h13-15,19-20,26-27H,4-12,16-18,21-24H2,1-3H3/q+1. The van der Waals surface area contributed by atoms with Crippen molar-refractivity contribution in [2.24, 2.45) is 0 Å². The number of halogens is 2. The second kappa shape index (κ2) is 17.3. The molecule has 1 nitrogen and oxygen atoms in total. The largest absolute Gasteiger partial charge is 0.322 e. The Bertz CT molecular complexity index is 474. The van der Waals surface area contributed by atoms with Crippen molar-refractivity contribution in [1.82, 2.24) is 0 Å². The number of hydrogen-bond acceptors (Lipinski definition) is 0. The van der Waals surface area contributed by atoms with Crippen molar-refractivity contribution in [2.75, 3.05) is 26.2 Å². The maximum absolute atomic E-state index is 7.02. The van der Waals surface area contributed by atoms with Crippen molar-refractivity contribution in [2.45, 2.75) is 109 Å². The highest BCUT2D eigenvalue weighted by Gasteiger charge is 2.33. The van der Waals surface area contributed by atoms with Gasteiger partial charge in [-0.25, -0.2) is 0 Å². The first-order valence-electron chi connectivity index (χ1n) is 12.8. The van der Waals surface area contributed by atoms with E-state index in [0.717, 1.165) is 12.1 Å². The third kappa shape index (κ3) is 11.4. The summed E-state index contributed by atoms with van der Waals surface area (Å²) in [4.78, 5) is 0.